The van der Waals surface area contributed by atoms with Crippen LogP contribution in [0.5, 0.6) is 0 Å². The molecule has 5 heteroatoms. The molecule has 102 valence electrons. The van der Waals surface area contributed by atoms with E-state index in [2.05, 4.69) is 16.8 Å². The Morgan fingerprint density at radius 3 is 2.39 bits per heavy atom. The summed E-state index contributed by atoms with van der Waals surface area (Å²) in [5.41, 5.74) is 0.289. The highest BCUT2D eigenvalue weighted by molar-refractivity contribution is 5.79. The van der Waals surface area contributed by atoms with Crippen molar-refractivity contribution in [1.82, 2.24) is 14.7 Å². The summed E-state index contributed by atoms with van der Waals surface area (Å²) in [5, 5.41) is 9.34. The van der Waals surface area contributed by atoms with Crippen LogP contribution < -0.4 is 0 Å². The molecule has 0 aromatic heterocycles. The lowest BCUT2D eigenvalue weighted by Gasteiger charge is -2.58. The lowest BCUT2D eigenvalue weighted by Crippen LogP contribution is -2.66. The third-order valence-electron chi connectivity index (χ3n) is 4.70. The molecule has 2 heterocycles. The van der Waals surface area contributed by atoms with Gasteiger partial charge in [-0.1, -0.05) is 0 Å². The Kier molecular flexibility index (Phi) is 3.08. The van der Waals surface area contributed by atoms with Crippen molar-refractivity contribution in [2.75, 3.05) is 52.9 Å². The van der Waals surface area contributed by atoms with Crippen LogP contribution in [-0.4, -0.2) is 84.7 Å². The maximum atomic E-state index is 12.1. The van der Waals surface area contributed by atoms with Crippen molar-refractivity contribution in [3.05, 3.63) is 0 Å². The average molecular weight is 253 g/mol. The summed E-state index contributed by atoms with van der Waals surface area (Å²) in [6.45, 7) is 6.44. The van der Waals surface area contributed by atoms with Gasteiger partial charge in [0.1, 0.15) is 0 Å². The van der Waals surface area contributed by atoms with E-state index in [0.717, 1.165) is 52.1 Å². The van der Waals surface area contributed by atoms with Crippen molar-refractivity contribution in [3.8, 4) is 0 Å². The number of aliphatic hydroxyl groups excluding tert-OH is 1. The topological polar surface area (TPSA) is 47.0 Å². The predicted molar refractivity (Wildman–Crippen MR) is 68.2 cm³/mol. The Bertz CT molecular complexity index is 325. The van der Waals surface area contributed by atoms with Crippen LogP contribution in [0.2, 0.25) is 0 Å². The number of nitrogens with zero attached hydrogens (tertiary/aromatic N) is 3. The van der Waals surface area contributed by atoms with E-state index in [0.29, 0.717) is 6.54 Å². The van der Waals surface area contributed by atoms with Crippen LogP contribution in [0.3, 0.4) is 0 Å². The summed E-state index contributed by atoms with van der Waals surface area (Å²) in [4.78, 5) is 18.6. The van der Waals surface area contributed by atoms with Crippen LogP contribution in [0.1, 0.15) is 12.8 Å². The van der Waals surface area contributed by atoms with Gasteiger partial charge in [0.2, 0.25) is 5.91 Å². The van der Waals surface area contributed by atoms with Crippen molar-refractivity contribution in [3.63, 3.8) is 0 Å². The Labute approximate surface area is 108 Å². The largest absolute Gasteiger partial charge is 0.393 e. The smallest absolute Gasteiger partial charge is 0.236 e. The first-order valence-electron chi connectivity index (χ1n) is 6.93. The molecule has 3 aliphatic rings. The number of likely N-dealkylation sites (tertiary alicyclic amines) is 1. The summed E-state index contributed by atoms with van der Waals surface area (Å²) in [6.07, 6.45) is 1.68. The van der Waals surface area contributed by atoms with Crippen LogP contribution in [0.15, 0.2) is 0 Å². The lowest BCUT2D eigenvalue weighted by molar-refractivity contribution is -0.164. The SMILES string of the molecule is CN1CCN(CC(=O)N2CC3(CC(O)C3)C2)CC1. The molecule has 1 N–H and O–H groups in total. The standard InChI is InChI=1S/C13H23N3O2/c1-14-2-4-15(5-3-14)8-12(18)16-9-13(10-16)6-11(17)7-13/h11,17H,2-10H2,1H3. The van der Waals surface area contributed by atoms with Gasteiger partial charge >= 0.3 is 0 Å². The summed E-state index contributed by atoms with van der Waals surface area (Å²) >= 11 is 0. The van der Waals surface area contributed by atoms with Gasteiger partial charge in [-0.25, -0.2) is 0 Å². The van der Waals surface area contributed by atoms with Gasteiger partial charge in [-0.2, -0.15) is 0 Å². The maximum absolute atomic E-state index is 12.1. The number of hydrogen-bond donors (Lipinski definition) is 1. The third-order valence-corrected chi connectivity index (χ3v) is 4.70. The fraction of sp³-hybridized carbons (Fsp3) is 0.923. The van der Waals surface area contributed by atoms with Gasteiger partial charge in [0.05, 0.1) is 12.6 Å². The first-order chi connectivity index (χ1) is 8.56. The normalized spacial score (nSPS) is 29.1. The average Bonchev–Trinajstić information content (AvgIpc) is 2.24. The van der Waals surface area contributed by atoms with Gasteiger partial charge in [-0.15, -0.1) is 0 Å². The maximum Gasteiger partial charge on any atom is 0.236 e. The minimum Gasteiger partial charge on any atom is -0.393 e. The Morgan fingerprint density at radius 2 is 1.83 bits per heavy atom. The molecule has 0 aromatic rings. The number of aliphatic hydroxyl groups is 1. The highest BCUT2D eigenvalue weighted by atomic mass is 16.3. The molecule has 0 bridgehead atoms. The second-order valence-electron chi connectivity index (χ2n) is 6.39. The van der Waals surface area contributed by atoms with E-state index in [-0.39, 0.29) is 17.4 Å². The van der Waals surface area contributed by atoms with Crippen molar-refractivity contribution in [2.45, 2.75) is 18.9 Å². The molecule has 5 nitrogen and oxygen atoms in total. The highest BCUT2D eigenvalue weighted by Crippen LogP contribution is 2.48. The summed E-state index contributed by atoms with van der Waals surface area (Å²) in [6, 6.07) is 0. The number of rotatable bonds is 2. The molecular formula is C13H23N3O2. The van der Waals surface area contributed by atoms with Gasteiger partial charge in [0.15, 0.2) is 0 Å². The number of likely N-dealkylation sites (N-methyl/N-ethyl adjacent to an activating group) is 1. The van der Waals surface area contributed by atoms with Gasteiger partial charge in [0, 0.05) is 44.7 Å². The number of piperazine rings is 1. The Hall–Kier alpha value is -0.650. The molecule has 2 saturated heterocycles. The number of carbonyl (C=O) groups is 1. The fourth-order valence-corrected chi connectivity index (χ4v) is 3.44. The number of hydrogen-bond acceptors (Lipinski definition) is 4. The van der Waals surface area contributed by atoms with Crippen molar-refractivity contribution in [1.29, 1.82) is 0 Å². The van der Waals surface area contributed by atoms with Gasteiger partial charge in [0.25, 0.3) is 0 Å². The molecule has 3 fully saturated rings. The zero-order chi connectivity index (χ0) is 12.8. The van der Waals surface area contributed by atoms with Gasteiger partial charge in [-0.05, 0) is 19.9 Å². The van der Waals surface area contributed by atoms with Gasteiger partial charge in [-0.3, -0.25) is 9.69 Å². The summed E-state index contributed by atoms with van der Waals surface area (Å²) in [7, 11) is 2.13. The molecule has 0 radical (unpaired) electrons. The molecular weight excluding hydrogens is 230 g/mol. The Morgan fingerprint density at radius 1 is 1.22 bits per heavy atom. The zero-order valence-corrected chi connectivity index (χ0v) is 11.1. The fourth-order valence-electron chi connectivity index (χ4n) is 3.44. The van der Waals surface area contributed by atoms with Crippen LogP contribution in [-0.2, 0) is 4.79 Å². The molecule has 1 amide bonds. The van der Waals surface area contributed by atoms with Crippen LogP contribution in [0.4, 0.5) is 0 Å². The molecule has 1 saturated carbocycles. The predicted octanol–water partition coefficient (Wildman–Crippen LogP) is -0.783. The van der Waals surface area contributed by atoms with Crippen molar-refractivity contribution < 1.29 is 9.90 Å². The van der Waals surface area contributed by atoms with E-state index in [1.54, 1.807) is 0 Å². The molecule has 1 spiro atoms. The minimum atomic E-state index is -0.111. The van der Waals surface area contributed by atoms with E-state index in [1.807, 2.05) is 4.90 Å². The summed E-state index contributed by atoms with van der Waals surface area (Å²) < 4.78 is 0. The summed E-state index contributed by atoms with van der Waals surface area (Å²) in [5.74, 6) is 0.270. The van der Waals surface area contributed by atoms with Crippen molar-refractivity contribution in [2.24, 2.45) is 5.41 Å². The van der Waals surface area contributed by atoms with Crippen molar-refractivity contribution >= 4 is 5.91 Å². The lowest BCUT2D eigenvalue weighted by atomic mass is 9.62. The minimum absolute atomic E-state index is 0.111. The third kappa shape index (κ3) is 2.27. The monoisotopic (exact) mass is 253 g/mol. The first-order valence-corrected chi connectivity index (χ1v) is 6.93. The second-order valence-corrected chi connectivity index (χ2v) is 6.39. The number of carbonyl (C=O) groups excluding carboxylic acids is 1. The first kappa shape index (κ1) is 12.4. The van der Waals surface area contributed by atoms with E-state index in [9.17, 15) is 9.90 Å². The van der Waals surface area contributed by atoms with Crippen LogP contribution in [0.25, 0.3) is 0 Å². The molecule has 2 aliphatic heterocycles. The zero-order valence-electron chi connectivity index (χ0n) is 11.1. The molecule has 1 aliphatic carbocycles. The van der Waals surface area contributed by atoms with Crippen LogP contribution >= 0.6 is 0 Å². The molecule has 3 rings (SSSR count). The number of amides is 1. The van der Waals surface area contributed by atoms with E-state index in [4.69, 9.17) is 0 Å². The van der Waals surface area contributed by atoms with Gasteiger partial charge < -0.3 is 14.9 Å². The molecule has 0 atom stereocenters. The quantitative estimate of drug-likeness (QED) is 0.701. The molecule has 0 aromatic carbocycles. The van der Waals surface area contributed by atoms with E-state index < -0.39 is 0 Å². The molecule has 0 unspecified atom stereocenters. The van der Waals surface area contributed by atoms with Crippen LogP contribution in [0, 0.1) is 5.41 Å². The van der Waals surface area contributed by atoms with E-state index >= 15 is 0 Å². The highest BCUT2D eigenvalue weighted by Gasteiger charge is 2.53. The molecule has 18 heavy (non-hydrogen) atoms. The Balaban J connectivity index is 1.41. The van der Waals surface area contributed by atoms with E-state index in [1.165, 1.54) is 0 Å². The second kappa shape index (κ2) is 4.47.